The summed E-state index contributed by atoms with van der Waals surface area (Å²) in [6.07, 6.45) is 3.45. The van der Waals surface area contributed by atoms with Gasteiger partial charge in [-0.05, 0) is 44.1 Å². The van der Waals surface area contributed by atoms with E-state index in [4.69, 9.17) is 0 Å². The molecule has 1 aromatic rings. The van der Waals surface area contributed by atoms with Crippen LogP contribution in [0.4, 0.5) is 8.78 Å². The number of nitrogens with one attached hydrogen (secondary N) is 1. The number of nitrogens with zero attached hydrogens (tertiary/aromatic N) is 1. The number of hydrogen-bond acceptors (Lipinski definition) is 3. The second-order valence-corrected chi connectivity index (χ2v) is 7.10. The zero-order chi connectivity index (χ0) is 17.3. The Bertz CT molecular complexity index is 634. The van der Waals surface area contributed by atoms with Gasteiger partial charge in [-0.15, -0.1) is 0 Å². The summed E-state index contributed by atoms with van der Waals surface area (Å²) in [5.41, 5.74) is -1.000. The van der Waals surface area contributed by atoms with Gasteiger partial charge in [0.05, 0.1) is 0 Å². The maximum absolute atomic E-state index is 13.9. The first-order valence-electron chi connectivity index (χ1n) is 8.56. The van der Waals surface area contributed by atoms with Crippen LogP contribution >= 0.6 is 0 Å². The van der Waals surface area contributed by atoms with Crippen LogP contribution in [0.25, 0.3) is 0 Å². The zero-order valence-electron chi connectivity index (χ0n) is 13.9. The van der Waals surface area contributed by atoms with E-state index in [1.54, 1.807) is 4.90 Å². The Morgan fingerprint density at radius 3 is 2.79 bits per heavy atom. The topological polar surface area (TPSA) is 52.6 Å². The van der Waals surface area contributed by atoms with Gasteiger partial charge < -0.3 is 15.3 Å². The molecule has 4 nitrogen and oxygen atoms in total. The van der Waals surface area contributed by atoms with Crippen molar-refractivity contribution in [3.05, 3.63) is 34.9 Å². The van der Waals surface area contributed by atoms with E-state index in [9.17, 15) is 18.7 Å². The Labute approximate surface area is 140 Å². The quantitative estimate of drug-likeness (QED) is 0.835. The SMILES string of the molecule is Cc1ccc(CNC[C@@]2(O)CCCN(CC3CC3)C2=O)c(F)c1F. The summed E-state index contributed by atoms with van der Waals surface area (Å²) < 4.78 is 27.4. The fourth-order valence-electron chi connectivity index (χ4n) is 3.24. The molecule has 0 radical (unpaired) electrons. The Morgan fingerprint density at radius 1 is 1.33 bits per heavy atom. The van der Waals surface area contributed by atoms with E-state index >= 15 is 0 Å². The highest BCUT2D eigenvalue weighted by molar-refractivity contribution is 5.86. The molecule has 1 aromatic carbocycles. The van der Waals surface area contributed by atoms with E-state index in [2.05, 4.69) is 5.32 Å². The average Bonchev–Trinajstić information content (AvgIpc) is 3.36. The largest absolute Gasteiger partial charge is 0.379 e. The first-order valence-corrected chi connectivity index (χ1v) is 8.56. The number of aliphatic hydroxyl groups is 1. The van der Waals surface area contributed by atoms with Crippen molar-refractivity contribution in [2.24, 2.45) is 5.92 Å². The van der Waals surface area contributed by atoms with E-state index in [-0.39, 0.29) is 30.1 Å². The molecule has 1 aliphatic carbocycles. The molecule has 1 amide bonds. The molecule has 0 spiro atoms. The number of aryl methyl sites for hydroxylation is 1. The van der Waals surface area contributed by atoms with E-state index in [1.165, 1.54) is 19.1 Å². The summed E-state index contributed by atoms with van der Waals surface area (Å²) in [4.78, 5) is 14.3. The molecule has 6 heteroatoms. The fourth-order valence-corrected chi connectivity index (χ4v) is 3.24. The summed E-state index contributed by atoms with van der Waals surface area (Å²) in [7, 11) is 0. The number of carbonyl (C=O) groups is 1. The number of halogens is 2. The summed E-state index contributed by atoms with van der Waals surface area (Å²) in [6, 6.07) is 3.04. The van der Waals surface area contributed by atoms with E-state index < -0.39 is 17.2 Å². The maximum atomic E-state index is 13.9. The molecule has 0 unspecified atom stereocenters. The molecule has 2 aliphatic rings. The van der Waals surface area contributed by atoms with Gasteiger partial charge in [0.2, 0.25) is 0 Å². The van der Waals surface area contributed by atoms with Gasteiger partial charge in [-0.3, -0.25) is 4.79 Å². The first kappa shape index (κ1) is 17.3. The Hall–Kier alpha value is -1.53. The number of piperidine rings is 1. The number of likely N-dealkylation sites (tertiary alicyclic amines) is 1. The number of benzene rings is 1. The van der Waals surface area contributed by atoms with Gasteiger partial charge in [0.15, 0.2) is 17.2 Å². The highest BCUT2D eigenvalue weighted by Gasteiger charge is 2.43. The van der Waals surface area contributed by atoms with E-state index in [0.29, 0.717) is 18.9 Å². The molecular weight excluding hydrogens is 314 g/mol. The van der Waals surface area contributed by atoms with Crippen molar-refractivity contribution >= 4 is 5.91 Å². The molecule has 132 valence electrons. The van der Waals surface area contributed by atoms with Crippen LogP contribution in [0.15, 0.2) is 12.1 Å². The molecule has 0 aromatic heterocycles. The lowest BCUT2D eigenvalue weighted by Gasteiger charge is -2.38. The van der Waals surface area contributed by atoms with Crippen LogP contribution < -0.4 is 5.32 Å². The van der Waals surface area contributed by atoms with Crippen molar-refractivity contribution in [1.29, 1.82) is 0 Å². The Morgan fingerprint density at radius 2 is 2.08 bits per heavy atom. The second kappa shape index (κ2) is 6.76. The third kappa shape index (κ3) is 3.59. The van der Waals surface area contributed by atoms with Crippen LogP contribution in [0.5, 0.6) is 0 Å². The van der Waals surface area contributed by atoms with Gasteiger partial charge in [-0.25, -0.2) is 8.78 Å². The maximum Gasteiger partial charge on any atom is 0.255 e. The van der Waals surface area contributed by atoms with Gasteiger partial charge >= 0.3 is 0 Å². The molecule has 1 heterocycles. The third-order valence-corrected chi connectivity index (χ3v) is 4.97. The lowest BCUT2D eigenvalue weighted by atomic mass is 9.91. The molecule has 1 saturated heterocycles. The number of carbonyl (C=O) groups excluding carboxylic acids is 1. The molecule has 0 bridgehead atoms. The first-order chi connectivity index (χ1) is 11.4. The van der Waals surface area contributed by atoms with Crippen LogP contribution in [0.3, 0.4) is 0 Å². The number of rotatable bonds is 6. The minimum Gasteiger partial charge on any atom is -0.379 e. The van der Waals surface area contributed by atoms with Crippen molar-refractivity contribution in [1.82, 2.24) is 10.2 Å². The minimum atomic E-state index is -1.45. The van der Waals surface area contributed by atoms with Crippen molar-refractivity contribution in [2.45, 2.75) is 44.8 Å². The highest BCUT2D eigenvalue weighted by atomic mass is 19.2. The highest BCUT2D eigenvalue weighted by Crippen LogP contribution is 2.32. The van der Waals surface area contributed by atoms with Gasteiger partial charge in [0.1, 0.15) is 0 Å². The van der Waals surface area contributed by atoms with Crippen molar-refractivity contribution < 1.29 is 18.7 Å². The third-order valence-electron chi connectivity index (χ3n) is 4.97. The summed E-state index contributed by atoms with van der Waals surface area (Å²) in [6.45, 7) is 3.03. The normalized spacial score (nSPS) is 24.5. The number of hydrogen-bond donors (Lipinski definition) is 2. The molecule has 2 fully saturated rings. The van der Waals surface area contributed by atoms with Gasteiger partial charge in [0.25, 0.3) is 5.91 Å². The second-order valence-electron chi connectivity index (χ2n) is 7.10. The van der Waals surface area contributed by atoms with Crippen LogP contribution in [-0.4, -0.2) is 41.1 Å². The summed E-state index contributed by atoms with van der Waals surface area (Å²) in [5.74, 6) is -1.39. The molecule has 2 N–H and O–H groups in total. The van der Waals surface area contributed by atoms with Crippen molar-refractivity contribution in [2.75, 3.05) is 19.6 Å². The predicted molar refractivity (Wildman–Crippen MR) is 86.3 cm³/mol. The lowest BCUT2D eigenvalue weighted by Crippen LogP contribution is -2.58. The van der Waals surface area contributed by atoms with Gasteiger partial charge in [-0.1, -0.05) is 12.1 Å². The smallest absolute Gasteiger partial charge is 0.255 e. The molecule has 1 saturated carbocycles. The van der Waals surface area contributed by atoms with E-state index in [1.807, 2.05) is 0 Å². The monoisotopic (exact) mass is 338 g/mol. The summed E-state index contributed by atoms with van der Waals surface area (Å²) >= 11 is 0. The van der Waals surface area contributed by atoms with Crippen molar-refractivity contribution in [3.63, 3.8) is 0 Å². The molecule has 24 heavy (non-hydrogen) atoms. The Kier molecular flexibility index (Phi) is 4.88. The molecule has 1 aliphatic heterocycles. The van der Waals surface area contributed by atoms with E-state index in [0.717, 1.165) is 25.8 Å². The fraction of sp³-hybridized carbons (Fsp3) is 0.611. The Balaban J connectivity index is 1.58. The average molecular weight is 338 g/mol. The minimum absolute atomic E-state index is 0.0436. The van der Waals surface area contributed by atoms with Crippen molar-refractivity contribution in [3.8, 4) is 0 Å². The van der Waals surface area contributed by atoms with Gasteiger partial charge in [-0.2, -0.15) is 0 Å². The van der Waals surface area contributed by atoms with Gasteiger partial charge in [0, 0.05) is 31.7 Å². The zero-order valence-corrected chi connectivity index (χ0v) is 13.9. The lowest BCUT2D eigenvalue weighted by molar-refractivity contribution is -0.156. The molecule has 1 atom stereocenters. The van der Waals surface area contributed by atoms with Crippen LogP contribution in [-0.2, 0) is 11.3 Å². The predicted octanol–water partition coefficient (Wildman–Crippen LogP) is 2.13. The molecular formula is C18H24F2N2O2. The van der Waals surface area contributed by atoms with Crippen LogP contribution in [0.2, 0.25) is 0 Å². The number of amides is 1. The summed E-state index contributed by atoms with van der Waals surface area (Å²) in [5, 5.41) is 13.6. The van der Waals surface area contributed by atoms with Crippen LogP contribution in [0, 0.1) is 24.5 Å². The standard InChI is InChI=1S/C18H24F2N2O2/c1-12-3-6-14(16(20)15(12)19)9-21-11-18(24)7-2-8-22(17(18)23)10-13-4-5-13/h3,6,13,21,24H,2,4-5,7-11H2,1H3/t18-/m0/s1. The van der Waals surface area contributed by atoms with Crippen LogP contribution in [0.1, 0.15) is 36.8 Å². The molecule has 3 rings (SSSR count).